The zero-order valence-electron chi connectivity index (χ0n) is 18.6. The molecule has 0 aliphatic carbocycles. The van der Waals surface area contributed by atoms with Crippen LogP contribution in [0.25, 0.3) is 0 Å². The number of carbonyl (C=O) groups is 2. The summed E-state index contributed by atoms with van der Waals surface area (Å²) in [4.78, 5) is 30.2. The number of aromatic nitrogens is 1. The number of nitrogens with zero attached hydrogens (tertiary/aromatic N) is 3. The topological polar surface area (TPSA) is 110 Å². The highest BCUT2D eigenvalue weighted by Gasteiger charge is 2.21. The minimum atomic E-state index is 0.168. The van der Waals surface area contributed by atoms with Gasteiger partial charge < -0.3 is 30.3 Å². The fourth-order valence-corrected chi connectivity index (χ4v) is 3.95. The number of carbonyl (C=O) groups excluding carboxylic acids is 2. The lowest BCUT2D eigenvalue weighted by Crippen LogP contribution is -2.44. The number of rotatable bonds is 3. The molecule has 31 heavy (non-hydrogen) atoms. The van der Waals surface area contributed by atoms with Crippen LogP contribution in [0.2, 0.25) is 0 Å². The number of piperidine rings is 2. The first-order valence-corrected chi connectivity index (χ1v) is 11.2. The predicted molar refractivity (Wildman–Crippen MR) is 117 cm³/mol. The molecule has 0 spiro atoms. The summed E-state index contributed by atoms with van der Waals surface area (Å²) in [6.07, 6.45) is 5.62. The van der Waals surface area contributed by atoms with Crippen LogP contribution in [-0.2, 0) is 16.1 Å². The Labute approximate surface area is 184 Å². The third-order valence-electron chi connectivity index (χ3n) is 5.98. The number of nitrogens with one attached hydrogen (secondary N) is 1. The summed E-state index contributed by atoms with van der Waals surface area (Å²) in [6.45, 7) is 8.48. The van der Waals surface area contributed by atoms with Crippen molar-refractivity contribution in [2.75, 3.05) is 39.4 Å². The highest BCUT2D eigenvalue weighted by molar-refractivity contribution is 5.73. The molecule has 0 atom stereocenters. The summed E-state index contributed by atoms with van der Waals surface area (Å²) in [5.74, 6) is 1.84. The number of amides is 2. The second-order valence-electron chi connectivity index (χ2n) is 8.32. The Balaban J connectivity index is 0.000000229. The minimum Gasteiger partial charge on any atom is -0.486 e. The van der Waals surface area contributed by atoms with Crippen LogP contribution in [0, 0.1) is 0 Å². The molecule has 3 aliphatic rings. The van der Waals surface area contributed by atoms with Gasteiger partial charge in [-0.3, -0.25) is 14.6 Å². The van der Waals surface area contributed by atoms with Crippen molar-refractivity contribution in [3.8, 4) is 11.5 Å². The van der Waals surface area contributed by atoms with Gasteiger partial charge in [-0.15, -0.1) is 0 Å². The summed E-state index contributed by atoms with van der Waals surface area (Å²) < 4.78 is 11.0. The number of hydrogen-bond acceptors (Lipinski definition) is 7. The summed E-state index contributed by atoms with van der Waals surface area (Å²) in [5, 5.41) is 3.51. The molecule has 9 heteroatoms. The van der Waals surface area contributed by atoms with E-state index in [9.17, 15) is 9.59 Å². The molecule has 3 N–H and O–H groups in total. The Kier molecular flexibility index (Phi) is 8.48. The SMILES string of the molecule is CC(=O)N1CCC(N)CC1.CC(=O)N1CCC(NCc2cc3c(cn2)OCCO3)CC1. The highest BCUT2D eigenvalue weighted by Crippen LogP contribution is 2.29. The highest BCUT2D eigenvalue weighted by atomic mass is 16.6. The Morgan fingerprint density at radius 3 is 2.13 bits per heavy atom. The van der Waals surface area contributed by atoms with Crippen molar-refractivity contribution < 1.29 is 19.1 Å². The Hall–Kier alpha value is -2.39. The quantitative estimate of drug-likeness (QED) is 0.729. The van der Waals surface area contributed by atoms with Crippen molar-refractivity contribution in [1.29, 1.82) is 0 Å². The first-order chi connectivity index (χ1) is 14.9. The van der Waals surface area contributed by atoms with E-state index in [1.807, 2.05) is 15.9 Å². The molecule has 4 heterocycles. The van der Waals surface area contributed by atoms with E-state index in [4.69, 9.17) is 15.2 Å². The molecular formula is C22H35N5O4. The van der Waals surface area contributed by atoms with E-state index < -0.39 is 0 Å². The molecule has 9 nitrogen and oxygen atoms in total. The summed E-state index contributed by atoms with van der Waals surface area (Å²) >= 11 is 0. The van der Waals surface area contributed by atoms with E-state index in [1.54, 1.807) is 20.0 Å². The second kappa shape index (κ2) is 11.3. The predicted octanol–water partition coefficient (Wildman–Crippen LogP) is 0.909. The van der Waals surface area contributed by atoms with Gasteiger partial charge in [-0.25, -0.2) is 0 Å². The van der Waals surface area contributed by atoms with Crippen LogP contribution in [0.1, 0.15) is 45.2 Å². The smallest absolute Gasteiger partial charge is 0.219 e. The van der Waals surface area contributed by atoms with E-state index in [1.165, 1.54) is 0 Å². The van der Waals surface area contributed by atoms with Gasteiger partial charge in [0.05, 0.1) is 11.9 Å². The summed E-state index contributed by atoms with van der Waals surface area (Å²) in [5.41, 5.74) is 6.61. The van der Waals surface area contributed by atoms with E-state index in [0.29, 0.717) is 31.8 Å². The number of nitrogens with two attached hydrogens (primary N) is 1. The molecule has 172 valence electrons. The first kappa shape index (κ1) is 23.3. The molecule has 1 aromatic heterocycles. The van der Waals surface area contributed by atoms with Crippen LogP contribution in [0.5, 0.6) is 11.5 Å². The maximum absolute atomic E-state index is 11.3. The minimum absolute atomic E-state index is 0.168. The average molecular weight is 434 g/mol. The normalized spacial score (nSPS) is 19.5. The van der Waals surface area contributed by atoms with Gasteiger partial charge in [0.25, 0.3) is 0 Å². The lowest BCUT2D eigenvalue weighted by Gasteiger charge is -2.31. The number of fused-ring (bicyclic) bond motifs is 1. The zero-order valence-corrected chi connectivity index (χ0v) is 18.6. The van der Waals surface area contributed by atoms with E-state index in [0.717, 1.165) is 69.1 Å². The molecule has 3 aliphatic heterocycles. The number of pyridine rings is 1. The maximum atomic E-state index is 11.3. The lowest BCUT2D eigenvalue weighted by atomic mass is 10.0. The van der Waals surface area contributed by atoms with Crippen LogP contribution in [0.15, 0.2) is 12.3 Å². The molecule has 2 saturated heterocycles. The number of likely N-dealkylation sites (tertiary alicyclic amines) is 2. The molecular weight excluding hydrogens is 398 g/mol. The van der Waals surface area contributed by atoms with Gasteiger partial charge in [-0.2, -0.15) is 0 Å². The van der Waals surface area contributed by atoms with Crippen molar-refractivity contribution in [2.45, 2.75) is 58.2 Å². The first-order valence-electron chi connectivity index (χ1n) is 11.2. The molecule has 0 aromatic carbocycles. The fraction of sp³-hybridized carbons (Fsp3) is 0.682. The van der Waals surface area contributed by atoms with Crippen molar-refractivity contribution >= 4 is 11.8 Å². The van der Waals surface area contributed by atoms with Gasteiger partial charge in [0.2, 0.25) is 11.8 Å². The largest absolute Gasteiger partial charge is 0.486 e. The zero-order chi connectivity index (χ0) is 22.2. The summed E-state index contributed by atoms with van der Waals surface area (Å²) in [6, 6.07) is 2.69. The van der Waals surface area contributed by atoms with Crippen molar-refractivity contribution in [3.05, 3.63) is 18.0 Å². The fourth-order valence-electron chi connectivity index (χ4n) is 3.95. The maximum Gasteiger partial charge on any atom is 0.219 e. The standard InChI is InChI=1S/C15H21N3O3.C7H14N2O/c1-11(19)18-4-2-12(3-5-18)16-9-13-8-14-15(10-17-13)21-7-6-20-14;1-6(10)9-4-2-7(8)3-5-9/h8,10,12,16H,2-7,9H2,1H3;7H,2-5,8H2,1H3. The van der Waals surface area contributed by atoms with Gasteiger partial charge in [-0.05, 0) is 25.7 Å². The van der Waals surface area contributed by atoms with Gasteiger partial charge in [0.1, 0.15) is 13.2 Å². The van der Waals surface area contributed by atoms with Gasteiger partial charge >= 0.3 is 0 Å². The Morgan fingerprint density at radius 2 is 1.55 bits per heavy atom. The van der Waals surface area contributed by atoms with Crippen LogP contribution in [-0.4, -0.2) is 78.1 Å². The summed E-state index contributed by atoms with van der Waals surface area (Å²) in [7, 11) is 0. The molecule has 0 unspecified atom stereocenters. The molecule has 0 saturated carbocycles. The van der Waals surface area contributed by atoms with Crippen LogP contribution in [0.4, 0.5) is 0 Å². The molecule has 2 fully saturated rings. The Bertz CT molecular complexity index is 743. The van der Waals surface area contributed by atoms with E-state index in [-0.39, 0.29) is 11.8 Å². The number of hydrogen-bond donors (Lipinski definition) is 2. The second-order valence-corrected chi connectivity index (χ2v) is 8.32. The molecule has 1 aromatic rings. The van der Waals surface area contributed by atoms with Crippen LogP contribution >= 0.6 is 0 Å². The monoisotopic (exact) mass is 433 g/mol. The van der Waals surface area contributed by atoms with Crippen LogP contribution in [0.3, 0.4) is 0 Å². The van der Waals surface area contributed by atoms with Gasteiger partial charge in [-0.1, -0.05) is 0 Å². The molecule has 2 amide bonds. The molecule has 0 radical (unpaired) electrons. The van der Waals surface area contributed by atoms with E-state index >= 15 is 0 Å². The van der Waals surface area contributed by atoms with E-state index in [2.05, 4.69) is 10.3 Å². The molecule has 0 bridgehead atoms. The third-order valence-corrected chi connectivity index (χ3v) is 5.98. The van der Waals surface area contributed by atoms with Gasteiger partial charge in [0, 0.05) is 64.7 Å². The average Bonchev–Trinajstić information content (AvgIpc) is 2.78. The van der Waals surface area contributed by atoms with Crippen molar-refractivity contribution in [2.24, 2.45) is 5.73 Å². The lowest BCUT2D eigenvalue weighted by molar-refractivity contribution is -0.130. The Morgan fingerprint density at radius 1 is 1.00 bits per heavy atom. The van der Waals surface area contributed by atoms with Crippen molar-refractivity contribution in [1.82, 2.24) is 20.1 Å². The third kappa shape index (κ3) is 7.07. The molecule has 4 rings (SSSR count). The van der Waals surface area contributed by atoms with Crippen LogP contribution < -0.4 is 20.5 Å². The van der Waals surface area contributed by atoms with Crippen molar-refractivity contribution in [3.63, 3.8) is 0 Å². The van der Waals surface area contributed by atoms with Gasteiger partial charge in [0.15, 0.2) is 11.5 Å². The number of ether oxygens (including phenoxy) is 2.